The van der Waals surface area contributed by atoms with Crippen molar-refractivity contribution in [2.75, 3.05) is 5.32 Å². The van der Waals surface area contributed by atoms with Gasteiger partial charge in [-0.1, -0.05) is 18.2 Å². The summed E-state index contributed by atoms with van der Waals surface area (Å²) in [5.74, 6) is -0.0860. The van der Waals surface area contributed by atoms with Gasteiger partial charge in [-0.3, -0.25) is 9.78 Å². The summed E-state index contributed by atoms with van der Waals surface area (Å²) in [4.78, 5) is 15.8. The van der Waals surface area contributed by atoms with Crippen LogP contribution in [0.15, 0.2) is 36.5 Å². The van der Waals surface area contributed by atoms with E-state index in [-0.39, 0.29) is 11.9 Å². The van der Waals surface area contributed by atoms with Crippen LogP contribution in [-0.2, 0) is 4.79 Å². The van der Waals surface area contributed by atoms with Crippen LogP contribution in [0.5, 0.6) is 0 Å². The Morgan fingerprint density at radius 3 is 3.00 bits per heavy atom. The number of nitrogens with zero attached hydrogens (tertiary/aromatic N) is 1. The van der Waals surface area contributed by atoms with E-state index in [2.05, 4.69) is 10.3 Å². The zero-order valence-corrected chi connectivity index (χ0v) is 9.68. The molecule has 2 aromatic rings. The Labute approximate surface area is 99.8 Å². The number of aromatic nitrogens is 1. The number of fused-ring (bicyclic) bond motifs is 1. The lowest BCUT2D eigenvalue weighted by Crippen LogP contribution is -2.24. The fourth-order valence-electron chi connectivity index (χ4n) is 1.64. The van der Waals surface area contributed by atoms with Gasteiger partial charge in [0.05, 0.1) is 17.4 Å². The van der Waals surface area contributed by atoms with Crippen LogP contribution in [0.3, 0.4) is 0 Å². The van der Waals surface area contributed by atoms with Crippen molar-refractivity contribution in [2.45, 2.75) is 19.4 Å². The molecule has 0 saturated carbocycles. The zero-order chi connectivity index (χ0) is 12.3. The molecule has 0 spiro atoms. The van der Waals surface area contributed by atoms with Crippen molar-refractivity contribution in [3.05, 3.63) is 36.5 Å². The van der Waals surface area contributed by atoms with Crippen LogP contribution in [0.2, 0.25) is 0 Å². The van der Waals surface area contributed by atoms with E-state index < -0.39 is 0 Å². The van der Waals surface area contributed by atoms with Crippen molar-refractivity contribution >= 4 is 22.5 Å². The van der Waals surface area contributed by atoms with Crippen LogP contribution in [-0.4, -0.2) is 16.9 Å². The molecule has 2 rings (SSSR count). The Morgan fingerprint density at radius 2 is 2.24 bits per heavy atom. The molecule has 4 nitrogen and oxygen atoms in total. The highest BCUT2D eigenvalue weighted by molar-refractivity contribution is 5.93. The summed E-state index contributed by atoms with van der Waals surface area (Å²) in [5, 5.41) is 3.79. The molecule has 4 heteroatoms. The maximum absolute atomic E-state index is 11.5. The number of carbonyl (C=O) groups is 1. The summed E-state index contributed by atoms with van der Waals surface area (Å²) in [6.07, 6.45) is 1.97. The lowest BCUT2D eigenvalue weighted by molar-refractivity contribution is -0.116. The zero-order valence-electron chi connectivity index (χ0n) is 9.68. The summed E-state index contributed by atoms with van der Waals surface area (Å²) >= 11 is 0. The average molecular weight is 229 g/mol. The molecule has 3 N–H and O–H groups in total. The third-order valence-electron chi connectivity index (χ3n) is 2.38. The second kappa shape index (κ2) is 4.93. The second-order valence-corrected chi connectivity index (χ2v) is 4.15. The molecule has 1 amide bonds. The Morgan fingerprint density at radius 1 is 1.47 bits per heavy atom. The van der Waals surface area contributed by atoms with E-state index in [4.69, 9.17) is 5.73 Å². The van der Waals surface area contributed by atoms with Crippen molar-refractivity contribution in [1.29, 1.82) is 0 Å². The minimum atomic E-state index is -0.136. The maximum Gasteiger partial charge on any atom is 0.225 e. The molecule has 17 heavy (non-hydrogen) atoms. The van der Waals surface area contributed by atoms with Crippen LogP contribution in [0, 0.1) is 0 Å². The molecule has 0 bridgehead atoms. The van der Waals surface area contributed by atoms with Crippen molar-refractivity contribution in [3.63, 3.8) is 0 Å². The highest BCUT2D eigenvalue weighted by Gasteiger charge is 2.06. The standard InChI is InChI=1S/C13H15N3O/c1-9(14)6-13(17)16-11-7-10-4-2-3-5-12(10)15-8-11/h2-5,7-9H,6,14H2,1H3,(H,16,17). The average Bonchev–Trinajstić information content (AvgIpc) is 2.27. The molecule has 0 fully saturated rings. The van der Waals surface area contributed by atoms with Crippen molar-refractivity contribution in [2.24, 2.45) is 5.73 Å². The first kappa shape index (κ1) is 11.5. The minimum absolute atomic E-state index is 0.0860. The molecule has 1 unspecified atom stereocenters. The Bertz CT molecular complexity index is 537. The van der Waals surface area contributed by atoms with Crippen LogP contribution in [0.25, 0.3) is 10.9 Å². The molecule has 0 aliphatic heterocycles. The predicted molar refractivity (Wildman–Crippen MR) is 68.6 cm³/mol. The van der Waals surface area contributed by atoms with Gasteiger partial charge < -0.3 is 11.1 Å². The third-order valence-corrected chi connectivity index (χ3v) is 2.38. The number of pyridine rings is 1. The van der Waals surface area contributed by atoms with Gasteiger partial charge in [0.25, 0.3) is 0 Å². The number of nitrogens with one attached hydrogen (secondary N) is 1. The summed E-state index contributed by atoms with van der Waals surface area (Å²) in [6.45, 7) is 1.80. The fraction of sp³-hybridized carbons (Fsp3) is 0.231. The predicted octanol–water partition coefficient (Wildman–Crippen LogP) is 1.91. The maximum atomic E-state index is 11.5. The number of hydrogen-bond donors (Lipinski definition) is 2. The number of hydrogen-bond acceptors (Lipinski definition) is 3. The molecule has 0 aliphatic rings. The second-order valence-electron chi connectivity index (χ2n) is 4.15. The number of benzene rings is 1. The van der Waals surface area contributed by atoms with Gasteiger partial charge in [-0.2, -0.15) is 0 Å². The van der Waals surface area contributed by atoms with Crippen molar-refractivity contribution < 1.29 is 4.79 Å². The monoisotopic (exact) mass is 229 g/mol. The molecule has 0 saturated heterocycles. The fourth-order valence-corrected chi connectivity index (χ4v) is 1.64. The van der Waals surface area contributed by atoms with E-state index in [1.54, 1.807) is 13.1 Å². The molecule has 0 aliphatic carbocycles. The Kier molecular flexibility index (Phi) is 3.35. The highest BCUT2D eigenvalue weighted by atomic mass is 16.1. The van der Waals surface area contributed by atoms with Gasteiger partial charge in [0.2, 0.25) is 5.91 Å². The number of amides is 1. The summed E-state index contributed by atoms with van der Waals surface area (Å²) < 4.78 is 0. The topological polar surface area (TPSA) is 68.0 Å². The van der Waals surface area contributed by atoms with Gasteiger partial charge in [-0.05, 0) is 19.1 Å². The summed E-state index contributed by atoms with van der Waals surface area (Å²) in [6, 6.07) is 9.54. The Balaban J connectivity index is 2.17. The molecule has 1 aromatic heterocycles. The van der Waals surface area contributed by atoms with Crippen LogP contribution in [0.1, 0.15) is 13.3 Å². The highest BCUT2D eigenvalue weighted by Crippen LogP contribution is 2.16. The number of carbonyl (C=O) groups excluding carboxylic acids is 1. The van der Waals surface area contributed by atoms with E-state index in [1.165, 1.54) is 0 Å². The number of nitrogens with two attached hydrogens (primary N) is 1. The minimum Gasteiger partial charge on any atom is -0.327 e. The first-order valence-corrected chi connectivity index (χ1v) is 5.55. The summed E-state index contributed by atoms with van der Waals surface area (Å²) in [5.41, 5.74) is 7.18. The lowest BCUT2D eigenvalue weighted by Gasteiger charge is -2.07. The molecular weight excluding hydrogens is 214 g/mol. The van der Waals surface area contributed by atoms with Crippen LogP contribution in [0.4, 0.5) is 5.69 Å². The first-order valence-electron chi connectivity index (χ1n) is 5.55. The van der Waals surface area contributed by atoms with Gasteiger partial charge in [-0.15, -0.1) is 0 Å². The van der Waals surface area contributed by atoms with Gasteiger partial charge >= 0.3 is 0 Å². The first-order chi connectivity index (χ1) is 8.15. The number of rotatable bonds is 3. The normalized spacial score (nSPS) is 12.4. The van der Waals surface area contributed by atoms with E-state index >= 15 is 0 Å². The number of para-hydroxylation sites is 1. The van der Waals surface area contributed by atoms with Gasteiger partial charge in [0.1, 0.15) is 0 Å². The smallest absolute Gasteiger partial charge is 0.225 e. The lowest BCUT2D eigenvalue weighted by atomic mass is 10.2. The van der Waals surface area contributed by atoms with Gasteiger partial charge in [0, 0.05) is 17.8 Å². The Hall–Kier alpha value is -1.94. The van der Waals surface area contributed by atoms with E-state index in [0.717, 1.165) is 10.9 Å². The number of anilines is 1. The van der Waals surface area contributed by atoms with Crippen LogP contribution >= 0.6 is 0 Å². The van der Waals surface area contributed by atoms with E-state index in [9.17, 15) is 4.79 Å². The quantitative estimate of drug-likeness (QED) is 0.844. The van der Waals surface area contributed by atoms with Gasteiger partial charge in [0.15, 0.2) is 0 Å². The third kappa shape index (κ3) is 3.01. The largest absolute Gasteiger partial charge is 0.327 e. The molecule has 1 heterocycles. The molecule has 0 radical (unpaired) electrons. The molecule has 1 atom stereocenters. The van der Waals surface area contributed by atoms with E-state index in [0.29, 0.717) is 12.1 Å². The van der Waals surface area contributed by atoms with Crippen molar-refractivity contribution in [3.8, 4) is 0 Å². The SMILES string of the molecule is CC(N)CC(=O)Nc1cnc2ccccc2c1. The molecular formula is C13H15N3O. The molecule has 88 valence electrons. The van der Waals surface area contributed by atoms with Crippen molar-refractivity contribution in [1.82, 2.24) is 4.98 Å². The van der Waals surface area contributed by atoms with Crippen LogP contribution < -0.4 is 11.1 Å². The van der Waals surface area contributed by atoms with E-state index in [1.807, 2.05) is 30.3 Å². The molecule has 1 aromatic carbocycles. The van der Waals surface area contributed by atoms with Gasteiger partial charge in [-0.25, -0.2) is 0 Å². The summed E-state index contributed by atoms with van der Waals surface area (Å²) in [7, 11) is 0.